The van der Waals surface area contributed by atoms with Gasteiger partial charge in [0.1, 0.15) is 0 Å². The van der Waals surface area contributed by atoms with Crippen LogP contribution in [0.4, 0.5) is 5.69 Å². The number of nitrogens with zero attached hydrogens (tertiary/aromatic N) is 1. The van der Waals surface area contributed by atoms with Crippen LogP contribution in [0.2, 0.25) is 0 Å². The zero-order valence-corrected chi connectivity index (χ0v) is 8.96. The molecule has 2 heteroatoms. The monoisotopic (exact) mass is 190 g/mol. The summed E-state index contributed by atoms with van der Waals surface area (Å²) in [6.45, 7) is 7.91. The molecule has 1 atom stereocenters. The first-order chi connectivity index (χ1) is 6.74. The molecule has 1 unspecified atom stereocenters. The van der Waals surface area contributed by atoms with Crippen LogP contribution in [-0.4, -0.2) is 11.0 Å². The quantitative estimate of drug-likeness (QED) is 0.721. The summed E-state index contributed by atoms with van der Waals surface area (Å²) in [4.78, 5) is 4.23. The standard InChI is InChI=1S/C12H18N2/c1-4-5-7-10(2)14-12-8-6-9-13-11(12)3/h4,6,8-10,14H,1,5,7H2,2-3H3. The van der Waals surface area contributed by atoms with Crippen LogP contribution in [0, 0.1) is 6.92 Å². The highest BCUT2D eigenvalue weighted by Crippen LogP contribution is 2.13. The Morgan fingerprint density at radius 3 is 3.07 bits per heavy atom. The molecule has 0 saturated carbocycles. The maximum Gasteiger partial charge on any atom is 0.0603 e. The number of aromatic nitrogens is 1. The molecule has 2 nitrogen and oxygen atoms in total. The second-order valence-electron chi connectivity index (χ2n) is 3.55. The first kappa shape index (κ1) is 10.8. The fraction of sp³-hybridized carbons (Fsp3) is 0.417. The maximum atomic E-state index is 4.23. The van der Waals surface area contributed by atoms with Gasteiger partial charge in [-0.2, -0.15) is 0 Å². The highest BCUT2D eigenvalue weighted by Gasteiger charge is 2.02. The van der Waals surface area contributed by atoms with Crippen LogP contribution in [0.15, 0.2) is 31.0 Å². The van der Waals surface area contributed by atoms with E-state index in [0.717, 1.165) is 24.2 Å². The summed E-state index contributed by atoms with van der Waals surface area (Å²) >= 11 is 0. The highest BCUT2D eigenvalue weighted by molar-refractivity contribution is 5.47. The maximum absolute atomic E-state index is 4.23. The molecule has 0 fully saturated rings. The second-order valence-corrected chi connectivity index (χ2v) is 3.55. The van der Waals surface area contributed by atoms with Crippen LogP contribution >= 0.6 is 0 Å². The van der Waals surface area contributed by atoms with Crippen LogP contribution < -0.4 is 5.32 Å². The van der Waals surface area contributed by atoms with Gasteiger partial charge in [0.15, 0.2) is 0 Å². The van der Waals surface area contributed by atoms with E-state index in [1.165, 1.54) is 0 Å². The SMILES string of the molecule is C=CCCC(C)Nc1cccnc1C. The lowest BCUT2D eigenvalue weighted by atomic mass is 10.1. The fourth-order valence-corrected chi connectivity index (χ4v) is 1.34. The Morgan fingerprint density at radius 1 is 1.64 bits per heavy atom. The van der Waals surface area contributed by atoms with Gasteiger partial charge in [0.2, 0.25) is 0 Å². The van der Waals surface area contributed by atoms with E-state index >= 15 is 0 Å². The molecule has 0 aliphatic rings. The van der Waals surface area contributed by atoms with Crippen LogP contribution in [0.25, 0.3) is 0 Å². The minimum absolute atomic E-state index is 0.468. The normalized spacial score (nSPS) is 12.1. The molecule has 0 aromatic carbocycles. The molecule has 1 rings (SSSR count). The number of anilines is 1. The van der Waals surface area contributed by atoms with Crippen molar-refractivity contribution >= 4 is 5.69 Å². The third kappa shape index (κ3) is 3.21. The summed E-state index contributed by atoms with van der Waals surface area (Å²) in [5.41, 5.74) is 2.18. The molecule has 1 aromatic rings. The summed E-state index contributed by atoms with van der Waals surface area (Å²) < 4.78 is 0. The molecular formula is C12H18N2. The second kappa shape index (κ2) is 5.43. The zero-order chi connectivity index (χ0) is 10.4. The van der Waals surface area contributed by atoms with Crippen molar-refractivity contribution in [1.29, 1.82) is 0 Å². The molecule has 0 bridgehead atoms. The summed E-state index contributed by atoms with van der Waals surface area (Å²) in [5.74, 6) is 0. The van der Waals surface area contributed by atoms with Gasteiger partial charge in [0.25, 0.3) is 0 Å². The van der Waals surface area contributed by atoms with E-state index in [1.54, 1.807) is 0 Å². The van der Waals surface area contributed by atoms with Gasteiger partial charge in [-0.1, -0.05) is 6.08 Å². The Balaban J connectivity index is 2.51. The van der Waals surface area contributed by atoms with Crippen LogP contribution in [0.5, 0.6) is 0 Å². The smallest absolute Gasteiger partial charge is 0.0603 e. The van der Waals surface area contributed by atoms with E-state index in [4.69, 9.17) is 0 Å². The van der Waals surface area contributed by atoms with Crippen molar-refractivity contribution < 1.29 is 0 Å². The van der Waals surface area contributed by atoms with E-state index in [1.807, 2.05) is 25.3 Å². The summed E-state index contributed by atoms with van der Waals surface area (Å²) in [6, 6.07) is 4.48. The highest BCUT2D eigenvalue weighted by atomic mass is 14.9. The van der Waals surface area contributed by atoms with Crippen molar-refractivity contribution in [1.82, 2.24) is 4.98 Å². The minimum atomic E-state index is 0.468. The lowest BCUT2D eigenvalue weighted by Crippen LogP contribution is -2.15. The first-order valence-corrected chi connectivity index (χ1v) is 5.03. The zero-order valence-electron chi connectivity index (χ0n) is 8.96. The molecular weight excluding hydrogens is 172 g/mol. The average molecular weight is 190 g/mol. The number of rotatable bonds is 5. The molecule has 0 amide bonds. The van der Waals surface area contributed by atoms with Crippen molar-refractivity contribution in [3.63, 3.8) is 0 Å². The topological polar surface area (TPSA) is 24.9 Å². The largest absolute Gasteiger partial charge is 0.381 e. The predicted molar refractivity (Wildman–Crippen MR) is 61.5 cm³/mol. The average Bonchev–Trinajstić information content (AvgIpc) is 2.18. The number of nitrogens with one attached hydrogen (secondary N) is 1. The van der Waals surface area contributed by atoms with Crippen LogP contribution in [-0.2, 0) is 0 Å². The van der Waals surface area contributed by atoms with E-state index in [9.17, 15) is 0 Å². The van der Waals surface area contributed by atoms with Gasteiger partial charge in [-0.05, 0) is 38.8 Å². The summed E-state index contributed by atoms with van der Waals surface area (Å²) in [5, 5.41) is 3.43. The molecule has 14 heavy (non-hydrogen) atoms. The van der Waals surface area contributed by atoms with Crippen LogP contribution in [0.3, 0.4) is 0 Å². The third-order valence-electron chi connectivity index (χ3n) is 2.21. The Hall–Kier alpha value is -1.31. The molecule has 1 aromatic heterocycles. The summed E-state index contributed by atoms with van der Waals surface area (Å²) in [7, 11) is 0. The van der Waals surface area contributed by atoms with Gasteiger partial charge in [-0.3, -0.25) is 4.98 Å². The van der Waals surface area contributed by atoms with Gasteiger partial charge < -0.3 is 5.32 Å². The van der Waals surface area contributed by atoms with Gasteiger partial charge in [-0.15, -0.1) is 6.58 Å². The number of pyridine rings is 1. The number of hydrogen-bond donors (Lipinski definition) is 1. The predicted octanol–water partition coefficient (Wildman–Crippen LogP) is 3.16. The number of allylic oxidation sites excluding steroid dienone is 1. The Bertz CT molecular complexity index is 294. The Labute approximate surface area is 86.1 Å². The minimum Gasteiger partial charge on any atom is -0.381 e. The van der Waals surface area contributed by atoms with Gasteiger partial charge in [0, 0.05) is 12.2 Å². The van der Waals surface area contributed by atoms with E-state index < -0.39 is 0 Å². The number of hydrogen-bond acceptors (Lipinski definition) is 2. The van der Waals surface area contributed by atoms with E-state index in [2.05, 4.69) is 29.9 Å². The molecule has 76 valence electrons. The third-order valence-corrected chi connectivity index (χ3v) is 2.21. The van der Waals surface area contributed by atoms with Crippen molar-refractivity contribution in [3.05, 3.63) is 36.7 Å². The van der Waals surface area contributed by atoms with Gasteiger partial charge in [-0.25, -0.2) is 0 Å². The fourth-order valence-electron chi connectivity index (χ4n) is 1.34. The van der Waals surface area contributed by atoms with E-state index in [-0.39, 0.29) is 0 Å². The van der Waals surface area contributed by atoms with E-state index in [0.29, 0.717) is 6.04 Å². The first-order valence-electron chi connectivity index (χ1n) is 5.03. The van der Waals surface area contributed by atoms with Crippen LogP contribution in [0.1, 0.15) is 25.5 Å². The van der Waals surface area contributed by atoms with Crippen molar-refractivity contribution in [3.8, 4) is 0 Å². The molecule has 0 saturated heterocycles. The Kier molecular flexibility index (Phi) is 4.17. The lowest BCUT2D eigenvalue weighted by Gasteiger charge is -2.15. The van der Waals surface area contributed by atoms with Gasteiger partial charge in [0.05, 0.1) is 11.4 Å². The molecule has 0 radical (unpaired) electrons. The Morgan fingerprint density at radius 2 is 2.43 bits per heavy atom. The number of aryl methyl sites for hydroxylation is 1. The molecule has 1 N–H and O–H groups in total. The molecule has 0 spiro atoms. The summed E-state index contributed by atoms with van der Waals surface area (Å²) in [6.07, 6.45) is 5.93. The van der Waals surface area contributed by atoms with Crippen molar-refractivity contribution in [2.75, 3.05) is 5.32 Å². The molecule has 0 aliphatic heterocycles. The van der Waals surface area contributed by atoms with Crippen molar-refractivity contribution in [2.24, 2.45) is 0 Å². The van der Waals surface area contributed by atoms with Gasteiger partial charge >= 0.3 is 0 Å². The van der Waals surface area contributed by atoms with Crippen molar-refractivity contribution in [2.45, 2.75) is 32.7 Å². The molecule has 0 aliphatic carbocycles. The molecule has 1 heterocycles. The lowest BCUT2D eigenvalue weighted by molar-refractivity contribution is 0.717.